The number of carbonyl (C=O) groups excluding carboxylic acids is 1. The minimum Gasteiger partial charge on any atom is -0.349 e. The van der Waals surface area contributed by atoms with Crippen LogP contribution in [0.5, 0.6) is 0 Å². The van der Waals surface area contributed by atoms with Crippen LogP contribution >= 0.6 is 23.2 Å². The van der Waals surface area contributed by atoms with Crippen LogP contribution in [-0.4, -0.2) is 23.9 Å². The molecular weight excluding hydrogens is 386 g/mol. The molecule has 0 aromatic heterocycles. The van der Waals surface area contributed by atoms with E-state index >= 15 is 0 Å². The van der Waals surface area contributed by atoms with Crippen LogP contribution < -0.4 is 5.32 Å². The monoisotopic (exact) mass is 408 g/mol. The second-order valence-electron chi connectivity index (χ2n) is 7.07. The third-order valence-corrected chi connectivity index (χ3v) is 5.68. The van der Waals surface area contributed by atoms with Crippen molar-refractivity contribution in [3.05, 3.63) is 69.5 Å². The largest absolute Gasteiger partial charge is 0.349 e. The first-order valence-corrected chi connectivity index (χ1v) is 9.90. The van der Waals surface area contributed by atoms with Gasteiger partial charge >= 0.3 is 0 Å². The average molecular weight is 409 g/mol. The second kappa shape index (κ2) is 9.05. The van der Waals surface area contributed by atoms with Crippen LogP contribution in [0.25, 0.3) is 0 Å². The Labute approximate surface area is 169 Å². The predicted octanol–water partition coefficient (Wildman–Crippen LogP) is 5.22. The summed E-state index contributed by atoms with van der Waals surface area (Å²) in [5, 5.41) is 4.36. The van der Waals surface area contributed by atoms with Crippen LogP contribution in [0.2, 0.25) is 10.0 Å². The normalized spacial score (nSPS) is 16.9. The van der Waals surface area contributed by atoms with Crippen molar-refractivity contribution in [3.63, 3.8) is 0 Å². The molecule has 1 heterocycles. The number of amides is 1. The van der Waals surface area contributed by atoms with E-state index in [1.807, 2.05) is 19.1 Å². The molecule has 1 fully saturated rings. The van der Waals surface area contributed by atoms with Gasteiger partial charge in [0, 0.05) is 22.5 Å². The van der Waals surface area contributed by atoms with Gasteiger partial charge in [-0.1, -0.05) is 41.4 Å². The van der Waals surface area contributed by atoms with Crippen LogP contribution in [0, 0.1) is 11.7 Å². The summed E-state index contributed by atoms with van der Waals surface area (Å²) < 4.78 is 13.0. The highest BCUT2D eigenvalue weighted by Crippen LogP contribution is 2.25. The van der Waals surface area contributed by atoms with Crippen molar-refractivity contribution in [2.45, 2.75) is 32.4 Å². The van der Waals surface area contributed by atoms with Crippen molar-refractivity contribution >= 4 is 29.1 Å². The SMILES string of the molecule is C[C@H](NC(=O)C1CCN(Cc2ccc(Cl)cc2Cl)CC1)c1ccc(F)cc1. The third-order valence-electron chi connectivity index (χ3n) is 5.10. The Hall–Kier alpha value is -1.62. The van der Waals surface area contributed by atoms with Crippen molar-refractivity contribution in [2.24, 2.45) is 5.92 Å². The maximum atomic E-state index is 13.0. The van der Waals surface area contributed by atoms with Crippen LogP contribution in [0.1, 0.15) is 36.9 Å². The fourth-order valence-electron chi connectivity index (χ4n) is 3.41. The minimum absolute atomic E-state index is 0.00448. The zero-order chi connectivity index (χ0) is 19.4. The average Bonchev–Trinajstić information content (AvgIpc) is 2.65. The summed E-state index contributed by atoms with van der Waals surface area (Å²) in [6.07, 6.45) is 1.63. The molecule has 144 valence electrons. The number of likely N-dealkylation sites (tertiary alicyclic amines) is 1. The third kappa shape index (κ3) is 5.44. The topological polar surface area (TPSA) is 32.3 Å². The molecule has 1 saturated heterocycles. The van der Waals surface area contributed by atoms with Crippen LogP contribution in [-0.2, 0) is 11.3 Å². The molecule has 0 bridgehead atoms. The Bertz CT molecular complexity index is 789. The number of hydrogen-bond acceptors (Lipinski definition) is 2. The quantitative estimate of drug-likeness (QED) is 0.734. The van der Waals surface area contributed by atoms with Gasteiger partial charge < -0.3 is 5.32 Å². The number of carbonyl (C=O) groups is 1. The van der Waals surface area contributed by atoms with Crippen molar-refractivity contribution in [1.82, 2.24) is 10.2 Å². The molecule has 0 aliphatic carbocycles. The van der Waals surface area contributed by atoms with E-state index in [9.17, 15) is 9.18 Å². The summed E-state index contributed by atoms with van der Waals surface area (Å²) in [6, 6.07) is 11.7. The van der Waals surface area contributed by atoms with Gasteiger partial charge in [0.1, 0.15) is 5.82 Å². The Morgan fingerprint density at radius 2 is 1.85 bits per heavy atom. The Morgan fingerprint density at radius 3 is 2.48 bits per heavy atom. The first-order valence-electron chi connectivity index (χ1n) is 9.14. The lowest BCUT2D eigenvalue weighted by atomic mass is 9.95. The van der Waals surface area contributed by atoms with E-state index in [0.717, 1.165) is 43.6 Å². The minimum atomic E-state index is -0.273. The maximum Gasteiger partial charge on any atom is 0.223 e. The summed E-state index contributed by atoms with van der Waals surface area (Å²) in [5.41, 5.74) is 1.95. The highest BCUT2D eigenvalue weighted by atomic mass is 35.5. The van der Waals surface area contributed by atoms with Gasteiger partial charge in [0.2, 0.25) is 5.91 Å². The lowest BCUT2D eigenvalue weighted by Gasteiger charge is -2.32. The van der Waals surface area contributed by atoms with E-state index in [4.69, 9.17) is 23.2 Å². The fourth-order valence-corrected chi connectivity index (χ4v) is 3.88. The number of piperidine rings is 1. The van der Waals surface area contributed by atoms with E-state index in [1.54, 1.807) is 18.2 Å². The van der Waals surface area contributed by atoms with Gasteiger partial charge in [0.05, 0.1) is 6.04 Å². The van der Waals surface area contributed by atoms with Crippen molar-refractivity contribution in [2.75, 3.05) is 13.1 Å². The number of hydrogen-bond donors (Lipinski definition) is 1. The molecule has 2 aromatic carbocycles. The second-order valence-corrected chi connectivity index (χ2v) is 7.91. The van der Waals surface area contributed by atoms with Gasteiger partial charge in [-0.3, -0.25) is 9.69 Å². The Kier molecular flexibility index (Phi) is 6.74. The van der Waals surface area contributed by atoms with Crippen molar-refractivity contribution in [3.8, 4) is 0 Å². The summed E-state index contributed by atoms with van der Waals surface area (Å²) in [4.78, 5) is 14.9. The molecule has 3 rings (SSSR count). The van der Waals surface area contributed by atoms with Gasteiger partial charge in [0.25, 0.3) is 0 Å². The molecule has 27 heavy (non-hydrogen) atoms. The molecule has 1 N–H and O–H groups in total. The Morgan fingerprint density at radius 1 is 1.19 bits per heavy atom. The molecule has 0 radical (unpaired) electrons. The molecule has 1 aliphatic rings. The number of benzene rings is 2. The standard InChI is InChI=1S/C21H23Cl2FN2O/c1-14(15-3-6-19(24)7-4-15)25-21(27)16-8-10-26(11-9-16)13-17-2-5-18(22)12-20(17)23/h2-7,12,14,16H,8-11,13H2,1H3,(H,25,27)/t14-/m0/s1. The lowest BCUT2D eigenvalue weighted by Crippen LogP contribution is -2.40. The molecule has 6 heteroatoms. The number of halogens is 3. The molecule has 2 aromatic rings. The smallest absolute Gasteiger partial charge is 0.223 e. The summed E-state index contributed by atoms with van der Waals surface area (Å²) in [7, 11) is 0. The molecule has 0 saturated carbocycles. The first-order chi connectivity index (χ1) is 12.9. The molecule has 1 aliphatic heterocycles. The van der Waals surface area contributed by atoms with E-state index in [0.29, 0.717) is 10.0 Å². The maximum absolute atomic E-state index is 13.0. The van der Waals surface area contributed by atoms with Crippen LogP contribution in [0.15, 0.2) is 42.5 Å². The van der Waals surface area contributed by atoms with Crippen molar-refractivity contribution in [1.29, 1.82) is 0 Å². The summed E-state index contributed by atoms with van der Waals surface area (Å²) >= 11 is 12.2. The summed E-state index contributed by atoms with van der Waals surface area (Å²) in [5.74, 6) is -0.203. The molecule has 3 nitrogen and oxygen atoms in total. The first kappa shape index (κ1) is 20.1. The number of rotatable bonds is 5. The van der Waals surface area contributed by atoms with E-state index < -0.39 is 0 Å². The number of nitrogens with one attached hydrogen (secondary N) is 1. The van der Waals surface area contributed by atoms with Gasteiger partial charge in [-0.2, -0.15) is 0 Å². The predicted molar refractivity (Wildman–Crippen MR) is 107 cm³/mol. The van der Waals surface area contributed by atoms with Gasteiger partial charge in [-0.15, -0.1) is 0 Å². The van der Waals surface area contributed by atoms with E-state index in [-0.39, 0.29) is 23.7 Å². The lowest BCUT2D eigenvalue weighted by molar-refractivity contribution is -0.127. The van der Waals surface area contributed by atoms with Gasteiger partial charge in [-0.25, -0.2) is 4.39 Å². The zero-order valence-electron chi connectivity index (χ0n) is 15.2. The zero-order valence-corrected chi connectivity index (χ0v) is 16.7. The molecule has 1 atom stereocenters. The highest BCUT2D eigenvalue weighted by Gasteiger charge is 2.26. The van der Waals surface area contributed by atoms with Crippen LogP contribution in [0.3, 0.4) is 0 Å². The number of nitrogens with zero attached hydrogens (tertiary/aromatic N) is 1. The molecule has 1 amide bonds. The van der Waals surface area contributed by atoms with Crippen molar-refractivity contribution < 1.29 is 9.18 Å². The highest BCUT2D eigenvalue weighted by molar-refractivity contribution is 6.35. The molecule has 0 unspecified atom stereocenters. The Balaban J connectivity index is 1.49. The van der Waals surface area contributed by atoms with E-state index in [2.05, 4.69) is 10.2 Å². The van der Waals surface area contributed by atoms with Gasteiger partial charge in [-0.05, 0) is 68.2 Å². The molecule has 0 spiro atoms. The van der Waals surface area contributed by atoms with Gasteiger partial charge in [0.15, 0.2) is 0 Å². The molecular formula is C21H23Cl2FN2O. The van der Waals surface area contributed by atoms with E-state index in [1.165, 1.54) is 12.1 Å². The summed E-state index contributed by atoms with van der Waals surface area (Å²) in [6.45, 7) is 4.38. The van der Waals surface area contributed by atoms with Crippen LogP contribution in [0.4, 0.5) is 4.39 Å². The fraction of sp³-hybridized carbons (Fsp3) is 0.381.